The summed E-state index contributed by atoms with van der Waals surface area (Å²) in [6.45, 7) is 5.77. The maximum absolute atomic E-state index is 12.6. The highest BCUT2D eigenvalue weighted by atomic mass is 16.5. The van der Waals surface area contributed by atoms with Crippen LogP contribution >= 0.6 is 0 Å². The van der Waals surface area contributed by atoms with Crippen LogP contribution in [0.1, 0.15) is 23.6 Å². The topological polar surface area (TPSA) is 60.1 Å². The molecule has 2 aliphatic rings. The molecule has 2 heterocycles. The molecule has 0 radical (unpaired) electrons. The lowest BCUT2D eigenvalue weighted by atomic mass is 9.95. The average Bonchev–Trinajstić information content (AvgIpc) is 2.81. The number of piperazine rings is 1. The fourth-order valence-electron chi connectivity index (χ4n) is 4.64. The van der Waals surface area contributed by atoms with E-state index in [1.165, 1.54) is 23.2 Å². The zero-order chi connectivity index (χ0) is 22.5. The van der Waals surface area contributed by atoms with E-state index in [9.17, 15) is 4.79 Å². The van der Waals surface area contributed by atoms with Crippen LogP contribution in [0.3, 0.4) is 0 Å². The number of rotatable bonds is 6. The first-order chi connectivity index (χ1) is 15.5. The predicted molar refractivity (Wildman–Crippen MR) is 130 cm³/mol. The maximum Gasteiger partial charge on any atom is 0.319 e. The Morgan fingerprint density at radius 3 is 2.50 bits per heavy atom. The summed E-state index contributed by atoms with van der Waals surface area (Å²) in [5, 5.41) is 6.04. The Hall–Kier alpha value is -2.77. The van der Waals surface area contributed by atoms with E-state index < -0.39 is 0 Å². The molecule has 1 fully saturated rings. The van der Waals surface area contributed by atoms with Crippen molar-refractivity contribution in [1.82, 2.24) is 15.1 Å². The summed E-state index contributed by atoms with van der Waals surface area (Å²) >= 11 is 0. The monoisotopic (exact) mass is 437 g/mol. The molecule has 1 atom stereocenters. The average molecular weight is 438 g/mol. The minimum absolute atomic E-state index is 0.155. The van der Waals surface area contributed by atoms with E-state index in [4.69, 9.17) is 4.74 Å². The highest BCUT2D eigenvalue weighted by Crippen LogP contribution is 2.31. The summed E-state index contributed by atoms with van der Waals surface area (Å²) in [4.78, 5) is 19.8. The number of carbonyl (C=O) groups is 1. The van der Waals surface area contributed by atoms with Gasteiger partial charge in [0.2, 0.25) is 0 Å². The fourth-order valence-corrected chi connectivity index (χ4v) is 4.64. The molecule has 7 nitrogen and oxygen atoms in total. The number of hydrogen-bond acceptors (Lipinski definition) is 5. The second-order valence-electron chi connectivity index (χ2n) is 8.83. The lowest BCUT2D eigenvalue weighted by Gasteiger charge is -2.39. The van der Waals surface area contributed by atoms with Crippen LogP contribution in [0.2, 0.25) is 0 Å². The highest BCUT2D eigenvalue weighted by Gasteiger charge is 2.26. The van der Waals surface area contributed by atoms with Crippen molar-refractivity contribution in [3.8, 4) is 5.75 Å². The van der Waals surface area contributed by atoms with E-state index in [2.05, 4.69) is 57.6 Å². The number of ether oxygens (including phenoxy) is 1. The van der Waals surface area contributed by atoms with Gasteiger partial charge in [0.05, 0.1) is 13.2 Å². The van der Waals surface area contributed by atoms with Crippen molar-refractivity contribution < 1.29 is 9.53 Å². The van der Waals surface area contributed by atoms with Gasteiger partial charge in [0.15, 0.2) is 0 Å². The molecule has 32 heavy (non-hydrogen) atoms. The number of methoxy groups -OCH3 is 1. The van der Waals surface area contributed by atoms with Crippen molar-refractivity contribution in [2.24, 2.45) is 0 Å². The smallest absolute Gasteiger partial charge is 0.319 e. The van der Waals surface area contributed by atoms with Gasteiger partial charge in [-0.2, -0.15) is 0 Å². The van der Waals surface area contributed by atoms with Crippen LogP contribution in [0.5, 0.6) is 5.75 Å². The Morgan fingerprint density at radius 2 is 1.78 bits per heavy atom. The molecule has 2 aliphatic heterocycles. The second-order valence-corrected chi connectivity index (χ2v) is 8.83. The number of anilines is 2. The molecule has 0 saturated carbocycles. The van der Waals surface area contributed by atoms with Crippen LogP contribution in [0, 0.1) is 0 Å². The molecule has 7 heteroatoms. The van der Waals surface area contributed by atoms with Crippen molar-refractivity contribution >= 4 is 17.4 Å². The van der Waals surface area contributed by atoms with Gasteiger partial charge in [-0.3, -0.25) is 4.90 Å². The molecule has 2 aromatic rings. The predicted octanol–water partition coefficient (Wildman–Crippen LogP) is 3.19. The molecule has 0 bridgehead atoms. The number of carbonyl (C=O) groups excluding carboxylic acids is 1. The summed E-state index contributed by atoms with van der Waals surface area (Å²) in [6.07, 6.45) is 2.31. The maximum atomic E-state index is 12.6. The van der Waals surface area contributed by atoms with E-state index in [1.54, 1.807) is 7.11 Å². The quantitative estimate of drug-likeness (QED) is 0.727. The fraction of sp³-hybridized carbons (Fsp3) is 0.480. The first kappa shape index (κ1) is 22.4. The lowest BCUT2D eigenvalue weighted by molar-refractivity contribution is 0.111. The molecule has 0 spiro atoms. The van der Waals surface area contributed by atoms with Crippen molar-refractivity contribution in [3.63, 3.8) is 0 Å². The van der Waals surface area contributed by atoms with Gasteiger partial charge in [-0.15, -0.1) is 0 Å². The van der Waals surface area contributed by atoms with Gasteiger partial charge in [-0.05, 0) is 61.3 Å². The lowest BCUT2D eigenvalue weighted by Crippen LogP contribution is -2.48. The Kier molecular flexibility index (Phi) is 7.17. The standard InChI is InChI=1S/C25H35N5O2/c1-28-13-15-30(16-14-28)24(20-6-11-23-19(17-20)5-4-12-29(23)2)18-26-25(31)27-21-7-9-22(32-3)10-8-21/h6-11,17,24H,4-5,12-16,18H2,1-3H3,(H2,26,27,31)/t24-/m1/s1. The van der Waals surface area contributed by atoms with Gasteiger partial charge >= 0.3 is 6.03 Å². The van der Waals surface area contributed by atoms with Gasteiger partial charge < -0.3 is 25.2 Å². The van der Waals surface area contributed by atoms with Crippen molar-refractivity contribution in [2.45, 2.75) is 18.9 Å². The van der Waals surface area contributed by atoms with Crippen LogP contribution in [-0.4, -0.2) is 76.3 Å². The number of benzene rings is 2. The molecular formula is C25H35N5O2. The molecule has 0 aliphatic carbocycles. The van der Waals surface area contributed by atoms with Crippen LogP contribution in [-0.2, 0) is 6.42 Å². The molecule has 1 saturated heterocycles. The number of aryl methyl sites for hydroxylation is 1. The molecule has 0 unspecified atom stereocenters. The normalized spacial score (nSPS) is 18.0. The number of likely N-dealkylation sites (N-methyl/N-ethyl adjacent to an activating group) is 1. The first-order valence-electron chi connectivity index (χ1n) is 11.5. The number of hydrogen-bond donors (Lipinski definition) is 2. The Morgan fingerprint density at radius 1 is 1.03 bits per heavy atom. The SMILES string of the molecule is COc1ccc(NC(=O)NC[C@H](c2ccc3c(c2)CCCN3C)N2CCN(C)CC2)cc1. The van der Waals surface area contributed by atoms with E-state index >= 15 is 0 Å². The van der Waals surface area contributed by atoms with Gasteiger partial charge in [-0.25, -0.2) is 4.79 Å². The number of nitrogens with zero attached hydrogens (tertiary/aromatic N) is 3. The molecule has 2 amide bonds. The summed E-state index contributed by atoms with van der Waals surface area (Å²) < 4.78 is 5.18. The largest absolute Gasteiger partial charge is 0.497 e. The summed E-state index contributed by atoms with van der Waals surface area (Å²) in [5.74, 6) is 0.768. The van der Waals surface area contributed by atoms with Gasteiger partial charge in [0.1, 0.15) is 5.75 Å². The van der Waals surface area contributed by atoms with E-state index in [1.807, 2.05) is 24.3 Å². The number of urea groups is 1. The Labute approximate surface area is 191 Å². The van der Waals surface area contributed by atoms with E-state index in [0.29, 0.717) is 6.54 Å². The molecule has 2 aromatic carbocycles. The minimum atomic E-state index is -0.188. The minimum Gasteiger partial charge on any atom is -0.497 e. The van der Waals surface area contributed by atoms with E-state index in [0.717, 1.165) is 50.6 Å². The van der Waals surface area contributed by atoms with Crippen molar-refractivity contribution in [1.29, 1.82) is 0 Å². The first-order valence-corrected chi connectivity index (χ1v) is 11.5. The van der Waals surface area contributed by atoms with Gasteiger partial charge in [0, 0.05) is 57.7 Å². The summed E-state index contributed by atoms with van der Waals surface area (Å²) in [5.41, 5.74) is 4.78. The van der Waals surface area contributed by atoms with Gasteiger partial charge in [-0.1, -0.05) is 12.1 Å². The van der Waals surface area contributed by atoms with Crippen LogP contribution in [0.15, 0.2) is 42.5 Å². The third-order valence-electron chi connectivity index (χ3n) is 6.62. The third kappa shape index (κ3) is 5.34. The summed E-state index contributed by atoms with van der Waals surface area (Å²) in [7, 11) is 5.97. The van der Waals surface area contributed by atoms with Gasteiger partial charge in [0.25, 0.3) is 0 Å². The molecule has 0 aromatic heterocycles. The Balaban J connectivity index is 1.46. The number of amides is 2. The second kappa shape index (κ2) is 10.2. The van der Waals surface area contributed by atoms with Crippen LogP contribution < -0.4 is 20.3 Å². The summed E-state index contributed by atoms with van der Waals surface area (Å²) in [6, 6.07) is 14.2. The molecule has 4 rings (SSSR count). The van der Waals surface area contributed by atoms with Crippen molar-refractivity contribution in [3.05, 3.63) is 53.6 Å². The van der Waals surface area contributed by atoms with Crippen LogP contribution in [0.4, 0.5) is 16.2 Å². The van der Waals surface area contributed by atoms with E-state index in [-0.39, 0.29) is 12.1 Å². The zero-order valence-corrected chi connectivity index (χ0v) is 19.4. The molecule has 172 valence electrons. The number of fused-ring (bicyclic) bond motifs is 1. The molecule has 2 N–H and O–H groups in total. The van der Waals surface area contributed by atoms with Crippen molar-refractivity contribution in [2.75, 3.05) is 70.7 Å². The zero-order valence-electron chi connectivity index (χ0n) is 19.4. The number of nitrogens with one attached hydrogen (secondary N) is 2. The van der Waals surface area contributed by atoms with Crippen LogP contribution in [0.25, 0.3) is 0 Å². The Bertz CT molecular complexity index is 909. The molecular weight excluding hydrogens is 402 g/mol. The third-order valence-corrected chi connectivity index (χ3v) is 6.62. The highest BCUT2D eigenvalue weighted by molar-refractivity contribution is 5.89.